The van der Waals surface area contributed by atoms with Crippen LogP contribution in [0.25, 0.3) is 0 Å². The molecule has 2 aromatic rings. The number of carbonyl (C=O) groups is 1. The Kier molecular flexibility index (Phi) is 5.40. The zero-order chi connectivity index (χ0) is 20.8. The number of hydrogen-bond donors (Lipinski definition) is 1. The number of aryl methyl sites for hydroxylation is 1. The van der Waals surface area contributed by atoms with Gasteiger partial charge in [0.05, 0.1) is 11.4 Å². The van der Waals surface area contributed by atoms with Gasteiger partial charge >= 0.3 is 0 Å². The van der Waals surface area contributed by atoms with Crippen LogP contribution >= 0.6 is 11.6 Å². The van der Waals surface area contributed by atoms with Gasteiger partial charge in [0.25, 0.3) is 5.91 Å². The van der Waals surface area contributed by atoms with Crippen molar-refractivity contribution in [1.29, 1.82) is 0 Å². The molecule has 2 saturated carbocycles. The molecule has 154 valence electrons. The highest BCUT2D eigenvalue weighted by Crippen LogP contribution is 2.33. The van der Waals surface area contributed by atoms with Gasteiger partial charge in [0.2, 0.25) is 10.0 Å². The van der Waals surface area contributed by atoms with Crippen LogP contribution in [0.15, 0.2) is 41.3 Å². The molecular formula is C21H22ClFN2O3S. The van der Waals surface area contributed by atoms with E-state index in [0.717, 1.165) is 25.7 Å². The molecule has 8 heteroatoms. The van der Waals surface area contributed by atoms with Gasteiger partial charge in [-0.05, 0) is 62.4 Å². The minimum absolute atomic E-state index is 0.00225. The minimum atomic E-state index is -3.67. The molecule has 0 bridgehead atoms. The van der Waals surface area contributed by atoms with E-state index in [2.05, 4.69) is 4.72 Å². The second-order valence-electron chi connectivity index (χ2n) is 7.74. The standard InChI is InChI=1S/C21H22ClFN2O3S/c1-13-5-10-16(29(27,28)24-14-6-7-14)11-17(13)21(26)25(15-8-9-15)12-18-19(22)3-2-4-20(18)23/h2-5,10-11,14-15,24H,6-9,12H2,1H3. The van der Waals surface area contributed by atoms with Crippen molar-refractivity contribution in [1.82, 2.24) is 9.62 Å². The molecule has 1 amide bonds. The molecule has 4 rings (SSSR count). The van der Waals surface area contributed by atoms with Gasteiger partial charge in [-0.25, -0.2) is 17.5 Å². The number of nitrogens with zero attached hydrogens (tertiary/aromatic N) is 1. The minimum Gasteiger partial charge on any atom is -0.331 e. The van der Waals surface area contributed by atoms with Gasteiger partial charge in [0.15, 0.2) is 0 Å². The zero-order valence-electron chi connectivity index (χ0n) is 16.0. The summed E-state index contributed by atoms with van der Waals surface area (Å²) in [6.07, 6.45) is 3.32. The number of sulfonamides is 1. The first kappa shape index (κ1) is 20.3. The monoisotopic (exact) mass is 436 g/mol. The first-order chi connectivity index (χ1) is 13.8. The lowest BCUT2D eigenvalue weighted by atomic mass is 10.1. The molecule has 0 spiro atoms. The fourth-order valence-electron chi connectivity index (χ4n) is 3.25. The Balaban J connectivity index is 1.65. The summed E-state index contributed by atoms with van der Waals surface area (Å²) < 4.78 is 42.0. The van der Waals surface area contributed by atoms with Crippen LogP contribution in [0.3, 0.4) is 0 Å². The van der Waals surface area contributed by atoms with E-state index in [0.29, 0.717) is 11.1 Å². The lowest BCUT2D eigenvalue weighted by molar-refractivity contribution is 0.0727. The SMILES string of the molecule is Cc1ccc(S(=O)(=O)NC2CC2)cc1C(=O)N(Cc1c(F)cccc1Cl)C1CC1. The number of nitrogens with one attached hydrogen (secondary N) is 1. The van der Waals surface area contributed by atoms with Crippen LogP contribution in [0, 0.1) is 12.7 Å². The Morgan fingerprint density at radius 1 is 1.21 bits per heavy atom. The molecule has 1 N–H and O–H groups in total. The molecule has 0 radical (unpaired) electrons. The molecule has 5 nitrogen and oxygen atoms in total. The summed E-state index contributed by atoms with van der Waals surface area (Å²) in [7, 11) is -3.67. The number of carbonyl (C=O) groups excluding carboxylic acids is 1. The summed E-state index contributed by atoms with van der Waals surface area (Å²) in [6, 6.07) is 8.98. The molecule has 0 aromatic heterocycles. The molecule has 2 fully saturated rings. The van der Waals surface area contributed by atoms with Crippen molar-refractivity contribution in [3.05, 3.63) is 63.9 Å². The van der Waals surface area contributed by atoms with Crippen molar-refractivity contribution in [2.75, 3.05) is 0 Å². The van der Waals surface area contributed by atoms with Crippen LogP contribution in [0.5, 0.6) is 0 Å². The molecule has 0 unspecified atom stereocenters. The first-order valence-corrected chi connectivity index (χ1v) is 11.5. The molecule has 2 aromatic carbocycles. The molecule has 29 heavy (non-hydrogen) atoms. The second kappa shape index (κ2) is 7.70. The van der Waals surface area contributed by atoms with Crippen LogP contribution < -0.4 is 4.72 Å². The van der Waals surface area contributed by atoms with Crippen molar-refractivity contribution < 1.29 is 17.6 Å². The lowest BCUT2D eigenvalue weighted by Crippen LogP contribution is -2.34. The highest BCUT2D eigenvalue weighted by atomic mass is 35.5. The van der Waals surface area contributed by atoms with Crippen LogP contribution in [-0.4, -0.2) is 31.3 Å². The van der Waals surface area contributed by atoms with Crippen LogP contribution in [0.2, 0.25) is 5.02 Å². The zero-order valence-corrected chi connectivity index (χ0v) is 17.6. The Morgan fingerprint density at radius 3 is 2.55 bits per heavy atom. The van der Waals surface area contributed by atoms with Crippen LogP contribution in [0.1, 0.15) is 47.2 Å². The van der Waals surface area contributed by atoms with E-state index >= 15 is 0 Å². The maximum Gasteiger partial charge on any atom is 0.254 e. The highest BCUT2D eigenvalue weighted by molar-refractivity contribution is 7.89. The highest BCUT2D eigenvalue weighted by Gasteiger charge is 2.35. The van der Waals surface area contributed by atoms with E-state index in [1.807, 2.05) is 0 Å². The largest absolute Gasteiger partial charge is 0.331 e. The summed E-state index contributed by atoms with van der Waals surface area (Å²) in [4.78, 5) is 15.0. The van der Waals surface area contributed by atoms with E-state index in [1.54, 1.807) is 24.0 Å². The number of rotatable bonds is 7. The van der Waals surface area contributed by atoms with E-state index in [1.165, 1.54) is 24.3 Å². The van der Waals surface area contributed by atoms with E-state index in [-0.39, 0.29) is 40.0 Å². The Morgan fingerprint density at radius 2 is 1.93 bits per heavy atom. The molecule has 2 aliphatic rings. The number of halogens is 2. The average Bonchev–Trinajstić information content (AvgIpc) is 3.56. The van der Waals surface area contributed by atoms with Gasteiger partial charge in [-0.15, -0.1) is 0 Å². The first-order valence-electron chi connectivity index (χ1n) is 9.63. The quantitative estimate of drug-likeness (QED) is 0.712. The van der Waals surface area contributed by atoms with E-state index in [9.17, 15) is 17.6 Å². The van der Waals surface area contributed by atoms with Crippen molar-refractivity contribution in [2.45, 2.75) is 56.1 Å². The van der Waals surface area contributed by atoms with Crippen molar-refractivity contribution >= 4 is 27.5 Å². The van der Waals surface area contributed by atoms with Crippen molar-refractivity contribution in [2.24, 2.45) is 0 Å². The Hall–Kier alpha value is -1.96. The number of benzene rings is 2. The van der Waals surface area contributed by atoms with Gasteiger partial charge in [0.1, 0.15) is 5.82 Å². The predicted octanol–water partition coefficient (Wildman–Crippen LogP) is 4.03. The van der Waals surface area contributed by atoms with E-state index < -0.39 is 15.8 Å². The molecule has 2 aliphatic carbocycles. The van der Waals surface area contributed by atoms with Crippen LogP contribution in [-0.2, 0) is 16.6 Å². The van der Waals surface area contributed by atoms with E-state index in [4.69, 9.17) is 11.6 Å². The Bertz CT molecular complexity index is 1050. The molecule has 0 saturated heterocycles. The molecule has 0 heterocycles. The summed E-state index contributed by atoms with van der Waals surface area (Å²) in [6.45, 7) is 1.81. The Labute approximate surface area is 174 Å². The summed E-state index contributed by atoms with van der Waals surface area (Å²) in [5, 5.41) is 0.269. The van der Waals surface area contributed by atoms with Gasteiger partial charge in [-0.3, -0.25) is 4.79 Å². The second-order valence-corrected chi connectivity index (χ2v) is 9.86. The van der Waals surface area contributed by atoms with Gasteiger partial charge in [0, 0.05) is 28.2 Å². The maximum absolute atomic E-state index is 14.3. The fourth-order valence-corrected chi connectivity index (χ4v) is 4.80. The third-order valence-corrected chi connectivity index (χ3v) is 7.16. The van der Waals surface area contributed by atoms with Crippen molar-refractivity contribution in [3.8, 4) is 0 Å². The molecule has 0 atom stereocenters. The molecule has 0 aliphatic heterocycles. The normalized spacial score (nSPS) is 16.7. The third kappa shape index (κ3) is 4.47. The molecular weight excluding hydrogens is 415 g/mol. The summed E-state index contributed by atoms with van der Waals surface area (Å²) in [5.74, 6) is -0.773. The third-order valence-electron chi connectivity index (χ3n) is 5.29. The predicted molar refractivity (Wildman–Crippen MR) is 109 cm³/mol. The number of hydrogen-bond acceptors (Lipinski definition) is 3. The summed E-state index contributed by atoms with van der Waals surface area (Å²) in [5.41, 5.74) is 1.25. The van der Waals surface area contributed by atoms with Crippen LogP contribution in [0.4, 0.5) is 4.39 Å². The fraction of sp³-hybridized carbons (Fsp3) is 0.381. The average molecular weight is 437 g/mol. The topological polar surface area (TPSA) is 66.5 Å². The lowest BCUT2D eigenvalue weighted by Gasteiger charge is -2.24. The smallest absolute Gasteiger partial charge is 0.254 e. The van der Waals surface area contributed by atoms with Crippen molar-refractivity contribution in [3.63, 3.8) is 0 Å². The van der Waals surface area contributed by atoms with Gasteiger partial charge in [-0.2, -0.15) is 0 Å². The number of amides is 1. The van der Waals surface area contributed by atoms with Gasteiger partial charge < -0.3 is 4.90 Å². The van der Waals surface area contributed by atoms with Gasteiger partial charge in [-0.1, -0.05) is 23.7 Å². The summed E-state index contributed by atoms with van der Waals surface area (Å²) >= 11 is 6.15. The maximum atomic E-state index is 14.3.